The van der Waals surface area contributed by atoms with E-state index in [0.29, 0.717) is 5.92 Å². The van der Waals surface area contributed by atoms with Crippen molar-refractivity contribution in [2.24, 2.45) is 5.92 Å². The lowest BCUT2D eigenvalue weighted by molar-refractivity contribution is 0.406. The molecule has 0 bridgehead atoms. The third kappa shape index (κ3) is 4.43. The summed E-state index contributed by atoms with van der Waals surface area (Å²) >= 11 is 0. The molecule has 14 heavy (non-hydrogen) atoms. The molecule has 0 unspecified atom stereocenters. The first-order valence-electron chi connectivity index (χ1n) is 5.42. The first-order chi connectivity index (χ1) is 6.74. The lowest BCUT2D eigenvalue weighted by atomic mass is 9.93. The van der Waals surface area contributed by atoms with E-state index in [0.717, 1.165) is 13.1 Å². The predicted molar refractivity (Wildman–Crippen MR) is 65.4 cm³/mol. The Morgan fingerprint density at radius 2 is 1.79 bits per heavy atom. The summed E-state index contributed by atoms with van der Waals surface area (Å²) in [5, 5.41) is 3.25. The molecule has 1 heterocycles. The van der Waals surface area contributed by atoms with Crippen LogP contribution in [0.3, 0.4) is 0 Å². The van der Waals surface area contributed by atoms with Crippen LogP contribution in [0.4, 0.5) is 0 Å². The van der Waals surface area contributed by atoms with Gasteiger partial charge in [0.05, 0.1) is 0 Å². The molecule has 1 aliphatic rings. The van der Waals surface area contributed by atoms with E-state index in [2.05, 4.69) is 37.9 Å². The minimum atomic E-state index is 0.693. The number of hydrogen-bond donors (Lipinski definition) is 1. The van der Waals surface area contributed by atoms with E-state index < -0.39 is 0 Å². The number of hydrogen-bond acceptors (Lipinski definition) is 1. The van der Waals surface area contributed by atoms with E-state index in [-0.39, 0.29) is 0 Å². The smallest absolute Gasteiger partial charge is 0.00883 e. The Morgan fingerprint density at radius 3 is 2.07 bits per heavy atom. The van der Waals surface area contributed by atoms with Crippen LogP contribution in [0, 0.1) is 5.92 Å². The van der Waals surface area contributed by atoms with Crippen LogP contribution >= 0.6 is 0 Å². The monoisotopic (exact) mass is 193 g/mol. The summed E-state index contributed by atoms with van der Waals surface area (Å²) in [5.74, 6) is 0.693. The molecule has 1 nitrogen and oxygen atoms in total. The fourth-order valence-corrected chi connectivity index (χ4v) is 1.16. The highest BCUT2D eigenvalue weighted by Crippen LogP contribution is 2.16. The lowest BCUT2D eigenvalue weighted by Crippen LogP contribution is -2.42. The summed E-state index contributed by atoms with van der Waals surface area (Å²) in [7, 11) is 0. The second-order valence-corrected chi connectivity index (χ2v) is 3.47. The Bertz CT molecular complexity index is 215. The molecule has 80 valence electrons. The molecule has 0 aliphatic carbocycles. The van der Waals surface area contributed by atoms with Crippen molar-refractivity contribution in [2.75, 3.05) is 13.1 Å². The molecule has 1 aliphatic heterocycles. The third-order valence-electron chi connectivity index (χ3n) is 2.10. The van der Waals surface area contributed by atoms with Gasteiger partial charge in [-0.1, -0.05) is 44.2 Å². The van der Waals surface area contributed by atoms with Crippen molar-refractivity contribution in [3.63, 3.8) is 0 Å². The fourth-order valence-electron chi connectivity index (χ4n) is 1.16. The first kappa shape index (κ1) is 13.2. The Kier molecular flexibility index (Phi) is 7.13. The molecule has 1 heteroatoms. The average molecular weight is 193 g/mol. The standard InChI is InChI=1S/C11H17N.C2H6/c1-4-10(6-5-9(2)3)11-7-12-8-11;1-2/h4-6,11-12H,1,7-8H2,2-3H3;1-2H3/b10-6+;. The summed E-state index contributed by atoms with van der Waals surface area (Å²) in [6.45, 7) is 14.2. The van der Waals surface area contributed by atoms with Crippen LogP contribution in [0.2, 0.25) is 0 Å². The van der Waals surface area contributed by atoms with E-state index in [1.165, 1.54) is 11.1 Å². The van der Waals surface area contributed by atoms with Gasteiger partial charge in [0, 0.05) is 19.0 Å². The molecule has 0 aromatic rings. The quantitative estimate of drug-likeness (QED) is 0.678. The average Bonchev–Trinajstić information content (AvgIpc) is 2.12. The molecule has 1 N–H and O–H groups in total. The van der Waals surface area contributed by atoms with Gasteiger partial charge in [0.15, 0.2) is 0 Å². The van der Waals surface area contributed by atoms with Crippen LogP contribution in [0.5, 0.6) is 0 Å². The van der Waals surface area contributed by atoms with Gasteiger partial charge in [-0.05, 0) is 19.4 Å². The largest absolute Gasteiger partial charge is 0.315 e. The summed E-state index contributed by atoms with van der Waals surface area (Å²) in [5.41, 5.74) is 2.69. The van der Waals surface area contributed by atoms with Crippen molar-refractivity contribution in [3.8, 4) is 0 Å². The van der Waals surface area contributed by atoms with Crippen LogP contribution < -0.4 is 5.32 Å². The summed E-state index contributed by atoms with van der Waals surface area (Å²) < 4.78 is 0. The highest BCUT2D eigenvalue weighted by atomic mass is 14.9. The van der Waals surface area contributed by atoms with Gasteiger partial charge < -0.3 is 5.32 Å². The van der Waals surface area contributed by atoms with Gasteiger partial charge in [0.25, 0.3) is 0 Å². The van der Waals surface area contributed by atoms with Crippen LogP contribution in [-0.4, -0.2) is 13.1 Å². The van der Waals surface area contributed by atoms with Crippen molar-refractivity contribution in [1.29, 1.82) is 0 Å². The van der Waals surface area contributed by atoms with Crippen molar-refractivity contribution in [1.82, 2.24) is 5.32 Å². The number of nitrogens with one attached hydrogen (secondary N) is 1. The molecule has 0 atom stereocenters. The Labute approximate surface area is 88.6 Å². The molecule has 0 radical (unpaired) electrons. The molecule has 0 spiro atoms. The summed E-state index contributed by atoms with van der Waals surface area (Å²) in [6.07, 6.45) is 6.29. The Morgan fingerprint density at radius 1 is 1.21 bits per heavy atom. The zero-order valence-corrected chi connectivity index (χ0v) is 9.93. The zero-order chi connectivity index (χ0) is 11.0. The maximum Gasteiger partial charge on any atom is 0.00883 e. The Hall–Kier alpha value is -0.820. The number of allylic oxidation sites excluding steroid dienone is 4. The van der Waals surface area contributed by atoms with Crippen LogP contribution in [0.25, 0.3) is 0 Å². The van der Waals surface area contributed by atoms with Crippen molar-refractivity contribution >= 4 is 0 Å². The van der Waals surface area contributed by atoms with E-state index in [4.69, 9.17) is 0 Å². The molecule has 1 rings (SSSR count). The van der Waals surface area contributed by atoms with Crippen LogP contribution in [0.1, 0.15) is 27.7 Å². The van der Waals surface area contributed by atoms with E-state index in [1.807, 2.05) is 19.9 Å². The van der Waals surface area contributed by atoms with Gasteiger partial charge in [0.1, 0.15) is 0 Å². The second-order valence-electron chi connectivity index (χ2n) is 3.47. The van der Waals surface area contributed by atoms with E-state index in [9.17, 15) is 0 Å². The molecule has 0 saturated carbocycles. The molecule has 1 fully saturated rings. The van der Waals surface area contributed by atoms with Gasteiger partial charge in [-0.3, -0.25) is 0 Å². The van der Waals surface area contributed by atoms with Gasteiger partial charge in [-0.25, -0.2) is 0 Å². The van der Waals surface area contributed by atoms with E-state index in [1.54, 1.807) is 0 Å². The van der Waals surface area contributed by atoms with Crippen LogP contribution in [-0.2, 0) is 0 Å². The van der Waals surface area contributed by atoms with E-state index >= 15 is 0 Å². The van der Waals surface area contributed by atoms with Gasteiger partial charge in [0.2, 0.25) is 0 Å². The van der Waals surface area contributed by atoms with Gasteiger partial charge >= 0.3 is 0 Å². The molecule has 1 saturated heterocycles. The molecular formula is C13H23N. The minimum absolute atomic E-state index is 0.693. The highest BCUT2D eigenvalue weighted by Gasteiger charge is 2.18. The topological polar surface area (TPSA) is 12.0 Å². The molecule has 0 aromatic heterocycles. The van der Waals surface area contributed by atoms with Crippen molar-refractivity contribution < 1.29 is 0 Å². The fraction of sp³-hybridized carbons (Fsp3) is 0.538. The zero-order valence-electron chi connectivity index (χ0n) is 9.93. The third-order valence-corrected chi connectivity index (χ3v) is 2.10. The van der Waals surface area contributed by atoms with Crippen LogP contribution in [0.15, 0.2) is 36.0 Å². The van der Waals surface area contributed by atoms with Crippen molar-refractivity contribution in [2.45, 2.75) is 27.7 Å². The summed E-state index contributed by atoms with van der Waals surface area (Å²) in [6, 6.07) is 0. The normalized spacial score (nSPS) is 16.1. The molecule has 0 amide bonds. The highest BCUT2D eigenvalue weighted by molar-refractivity contribution is 5.28. The van der Waals surface area contributed by atoms with Gasteiger partial charge in [-0.15, -0.1) is 0 Å². The first-order valence-corrected chi connectivity index (χ1v) is 5.42. The predicted octanol–water partition coefficient (Wildman–Crippen LogP) is 3.31. The van der Waals surface area contributed by atoms with Crippen molar-refractivity contribution in [3.05, 3.63) is 36.0 Å². The van der Waals surface area contributed by atoms with Gasteiger partial charge in [-0.2, -0.15) is 0 Å². The molecular weight excluding hydrogens is 170 g/mol. The maximum atomic E-state index is 3.82. The minimum Gasteiger partial charge on any atom is -0.315 e. The molecule has 0 aromatic carbocycles. The number of rotatable bonds is 3. The second kappa shape index (κ2) is 7.57. The Balaban J connectivity index is 0.000000791. The lowest BCUT2D eigenvalue weighted by Gasteiger charge is -2.28. The summed E-state index contributed by atoms with van der Waals surface area (Å²) in [4.78, 5) is 0. The maximum absolute atomic E-state index is 3.82. The SMILES string of the molecule is C=C/C(=C\C=C(C)C)C1CNC1.CC.